The lowest BCUT2D eigenvalue weighted by Gasteiger charge is -2.35. The van der Waals surface area contributed by atoms with Crippen molar-refractivity contribution in [1.82, 2.24) is 14.9 Å². The van der Waals surface area contributed by atoms with Gasteiger partial charge in [-0.3, -0.25) is 0 Å². The molecular weight excluding hydrogens is 342 g/mol. The molecule has 1 N–H and O–H groups in total. The summed E-state index contributed by atoms with van der Waals surface area (Å²) in [7, 11) is 0. The molecule has 6 heteroatoms. The standard InChI is InChI=1S/C20H23N5S/c1-3-15-13-26-19-18(15)21-14-22-20(19)23-16-5-7-17(8-6-16)25-11-9-24(4-2)10-12-25/h3,5-8,13-14H,1,4,9-12H2,2H3,(H,21,22,23). The van der Waals surface area contributed by atoms with Crippen molar-refractivity contribution in [3.63, 3.8) is 0 Å². The highest BCUT2D eigenvalue weighted by Crippen LogP contribution is 2.31. The van der Waals surface area contributed by atoms with Gasteiger partial charge in [0.2, 0.25) is 0 Å². The minimum absolute atomic E-state index is 0.845. The molecule has 4 rings (SSSR count). The molecule has 3 heterocycles. The summed E-state index contributed by atoms with van der Waals surface area (Å²) in [6, 6.07) is 8.62. The van der Waals surface area contributed by atoms with Crippen LogP contribution in [0.1, 0.15) is 12.5 Å². The Kier molecular flexibility index (Phi) is 4.86. The number of thiophene rings is 1. The molecule has 3 aromatic rings. The van der Waals surface area contributed by atoms with Crippen LogP contribution in [0.4, 0.5) is 17.2 Å². The lowest BCUT2D eigenvalue weighted by Crippen LogP contribution is -2.46. The van der Waals surface area contributed by atoms with E-state index in [0.717, 1.165) is 60.0 Å². The number of rotatable bonds is 5. The van der Waals surface area contributed by atoms with Gasteiger partial charge in [-0.05, 0) is 30.8 Å². The van der Waals surface area contributed by atoms with Crippen LogP contribution < -0.4 is 10.2 Å². The van der Waals surface area contributed by atoms with E-state index in [0.29, 0.717) is 0 Å². The predicted octanol–water partition coefficient (Wildman–Crippen LogP) is 4.22. The Morgan fingerprint density at radius 3 is 2.62 bits per heavy atom. The third kappa shape index (κ3) is 3.30. The lowest BCUT2D eigenvalue weighted by atomic mass is 10.2. The molecular formula is C20H23N5S. The summed E-state index contributed by atoms with van der Waals surface area (Å²) in [6.45, 7) is 11.7. The molecule has 0 atom stereocenters. The molecule has 134 valence electrons. The fraction of sp³-hybridized carbons (Fsp3) is 0.300. The van der Waals surface area contributed by atoms with Crippen molar-refractivity contribution < 1.29 is 0 Å². The Hall–Kier alpha value is -2.44. The minimum atomic E-state index is 0.845. The zero-order chi connectivity index (χ0) is 17.9. The van der Waals surface area contributed by atoms with Crippen LogP contribution in [0.3, 0.4) is 0 Å². The highest BCUT2D eigenvalue weighted by atomic mass is 32.1. The molecule has 1 aliphatic heterocycles. The SMILES string of the molecule is C=Cc1csc2c(Nc3ccc(N4CCN(CC)CC4)cc3)ncnc12. The van der Waals surface area contributed by atoms with Gasteiger partial charge in [0, 0.05) is 48.5 Å². The minimum Gasteiger partial charge on any atom is -0.369 e. The first kappa shape index (κ1) is 17.0. The normalized spacial score (nSPS) is 15.3. The zero-order valence-electron chi connectivity index (χ0n) is 15.0. The third-order valence-electron chi connectivity index (χ3n) is 4.92. The van der Waals surface area contributed by atoms with Crippen molar-refractivity contribution >= 4 is 44.8 Å². The molecule has 0 aliphatic carbocycles. The molecule has 1 saturated heterocycles. The molecule has 0 amide bonds. The average molecular weight is 366 g/mol. The van der Waals surface area contributed by atoms with Gasteiger partial charge in [0.25, 0.3) is 0 Å². The van der Waals surface area contributed by atoms with E-state index in [1.165, 1.54) is 5.69 Å². The number of nitrogens with one attached hydrogen (secondary N) is 1. The maximum atomic E-state index is 4.42. The number of aromatic nitrogens is 2. The van der Waals surface area contributed by atoms with Crippen molar-refractivity contribution in [2.24, 2.45) is 0 Å². The van der Waals surface area contributed by atoms with Crippen LogP contribution in [0.25, 0.3) is 16.3 Å². The molecule has 0 saturated carbocycles. The van der Waals surface area contributed by atoms with Gasteiger partial charge < -0.3 is 15.1 Å². The van der Waals surface area contributed by atoms with Crippen molar-refractivity contribution in [2.75, 3.05) is 42.9 Å². The fourth-order valence-electron chi connectivity index (χ4n) is 3.32. The first-order valence-corrected chi connectivity index (χ1v) is 9.85. The number of fused-ring (bicyclic) bond motifs is 1. The largest absolute Gasteiger partial charge is 0.369 e. The van der Waals surface area contributed by atoms with Crippen molar-refractivity contribution in [3.05, 3.63) is 48.1 Å². The molecule has 0 radical (unpaired) electrons. The molecule has 2 aromatic heterocycles. The van der Waals surface area contributed by atoms with E-state index in [2.05, 4.69) is 68.2 Å². The van der Waals surface area contributed by atoms with Gasteiger partial charge in [0.1, 0.15) is 6.33 Å². The Morgan fingerprint density at radius 1 is 1.15 bits per heavy atom. The number of nitrogens with zero attached hydrogens (tertiary/aromatic N) is 4. The summed E-state index contributed by atoms with van der Waals surface area (Å²) < 4.78 is 1.06. The Balaban J connectivity index is 1.50. The van der Waals surface area contributed by atoms with Gasteiger partial charge in [-0.1, -0.05) is 19.6 Å². The summed E-state index contributed by atoms with van der Waals surface area (Å²) in [5.41, 5.74) is 4.32. The van der Waals surface area contributed by atoms with E-state index in [1.807, 2.05) is 6.08 Å². The number of hydrogen-bond acceptors (Lipinski definition) is 6. The van der Waals surface area contributed by atoms with Crippen LogP contribution in [0.15, 0.2) is 42.6 Å². The highest BCUT2D eigenvalue weighted by molar-refractivity contribution is 7.18. The fourth-order valence-corrected chi connectivity index (χ4v) is 4.27. The second-order valence-electron chi connectivity index (χ2n) is 6.39. The smallest absolute Gasteiger partial charge is 0.151 e. The number of benzene rings is 1. The van der Waals surface area contributed by atoms with E-state index in [4.69, 9.17) is 0 Å². The van der Waals surface area contributed by atoms with Crippen LogP contribution in [0.2, 0.25) is 0 Å². The summed E-state index contributed by atoms with van der Waals surface area (Å²) >= 11 is 1.64. The number of piperazine rings is 1. The van der Waals surface area contributed by atoms with E-state index in [-0.39, 0.29) is 0 Å². The monoisotopic (exact) mass is 365 g/mol. The van der Waals surface area contributed by atoms with Gasteiger partial charge in [-0.2, -0.15) is 0 Å². The quantitative estimate of drug-likeness (QED) is 0.733. The van der Waals surface area contributed by atoms with Crippen molar-refractivity contribution in [2.45, 2.75) is 6.92 Å². The lowest BCUT2D eigenvalue weighted by molar-refractivity contribution is 0.271. The number of anilines is 3. The summed E-state index contributed by atoms with van der Waals surface area (Å²) in [5, 5.41) is 5.49. The van der Waals surface area contributed by atoms with Crippen LogP contribution in [0.5, 0.6) is 0 Å². The van der Waals surface area contributed by atoms with E-state index >= 15 is 0 Å². The maximum absolute atomic E-state index is 4.42. The highest BCUT2D eigenvalue weighted by Gasteiger charge is 2.16. The predicted molar refractivity (Wildman–Crippen MR) is 112 cm³/mol. The van der Waals surface area contributed by atoms with Crippen LogP contribution in [-0.4, -0.2) is 47.6 Å². The van der Waals surface area contributed by atoms with Crippen LogP contribution in [0, 0.1) is 0 Å². The molecule has 5 nitrogen and oxygen atoms in total. The number of likely N-dealkylation sites (N-methyl/N-ethyl adjacent to an activating group) is 1. The van der Waals surface area contributed by atoms with Crippen LogP contribution in [-0.2, 0) is 0 Å². The zero-order valence-corrected chi connectivity index (χ0v) is 15.8. The Bertz CT molecular complexity index is 894. The summed E-state index contributed by atoms with van der Waals surface area (Å²) in [6.07, 6.45) is 3.44. The molecule has 1 fully saturated rings. The van der Waals surface area contributed by atoms with E-state index < -0.39 is 0 Å². The van der Waals surface area contributed by atoms with Gasteiger partial charge in [-0.25, -0.2) is 9.97 Å². The topological polar surface area (TPSA) is 44.3 Å². The first-order valence-electron chi connectivity index (χ1n) is 8.97. The number of hydrogen-bond donors (Lipinski definition) is 1. The molecule has 0 unspecified atom stereocenters. The molecule has 0 bridgehead atoms. The maximum Gasteiger partial charge on any atom is 0.151 e. The van der Waals surface area contributed by atoms with Crippen LogP contribution >= 0.6 is 11.3 Å². The summed E-state index contributed by atoms with van der Waals surface area (Å²) in [4.78, 5) is 13.7. The molecule has 1 aliphatic rings. The van der Waals surface area contributed by atoms with Crippen molar-refractivity contribution in [3.8, 4) is 0 Å². The van der Waals surface area contributed by atoms with E-state index in [9.17, 15) is 0 Å². The van der Waals surface area contributed by atoms with Crippen molar-refractivity contribution in [1.29, 1.82) is 0 Å². The Morgan fingerprint density at radius 2 is 1.92 bits per heavy atom. The molecule has 26 heavy (non-hydrogen) atoms. The van der Waals surface area contributed by atoms with E-state index in [1.54, 1.807) is 17.7 Å². The van der Waals surface area contributed by atoms with Gasteiger partial charge >= 0.3 is 0 Å². The Labute approximate surface area is 158 Å². The van der Waals surface area contributed by atoms with Gasteiger partial charge in [0.05, 0.1) is 10.2 Å². The second kappa shape index (κ2) is 7.43. The molecule has 1 aromatic carbocycles. The average Bonchev–Trinajstić information content (AvgIpc) is 3.13. The second-order valence-corrected chi connectivity index (χ2v) is 7.27. The third-order valence-corrected chi connectivity index (χ3v) is 5.91. The first-order chi connectivity index (χ1) is 12.8. The summed E-state index contributed by atoms with van der Waals surface area (Å²) in [5.74, 6) is 0.845. The molecule has 0 spiro atoms. The van der Waals surface area contributed by atoms with Gasteiger partial charge in [-0.15, -0.1) is 11.3 Å². The van der Waals surface area contributed by atoms with Gasteiger partial charge in [0.15, 0.2) is 5.82 Å².